The lowest BCUT2D eigenvalue weighted by Crippen LogP contribution is -3.13. The maximum atomic E-state index is 12.0. The number of amides is 1. The summed E-state index contributed by atoms with van der Waals surface area (Å²) in [5.74, 6) is 0.0862. The van der Waals surface area contributed by atoms with Crippen LogP contribution in [0.4, 0.5) is 0 Å². The lowest BCUT2D eigenvalue weighted by atomic mass is 10.1. The fraction of sp³-hybridized carbons (Fsp3) is 0.562. The van der Waals surface area contributed by atoms with Crippen molar-refractivity contribution >= 4 is 15.9 Å². The molecule has 7 heteroatoms. The summed E-state index contributed by atoms with van der Waals surface area (Å²) in [5, 5.41) is 8.00. The van der Waals surface area contributed by atoms with Gasteiger partial charge in [0, 0.05) is 6.54 Å². The van der Waals surface area contributed by atoms with Crippen LogP contribution in [0.2, 0.25) is 0 Å². The highest BCUT2D eigenvalue weighted by Crippen LogP contribution is 2.08. The first-order valence-corrected chi connectivity index (χ1v) is 9.72. The van der Waals surface area contributed by atoms with Gasteiger partial charge in [-0.3, -0.25) is 4.79 Å². The summed E-state index contributed by atoms with van der Waals surface area (Å²) in [5.41, 5.74) is 0.972. The first-order valence-electron chi connectivity index (χ1n) is 8.17. The van der Waals surface area contributed by atoms with E-state index in [0.29, 0.717) is 19.5 Å². The van der Waals surface area contributed by atoms with Crippen molar-refractivity contribution in [1.82, 2.24) is 5.32 Å². The lowest BCUT2D eigenvalue weighted by Gasteiger charge is -2.16. The van der Waals surface area contributed by atoms with E-state index in [4.69, 9.17) is 5.14 Å². The molecule has 0 spiro atoms. The van der Waals surface area contributed by atoms with Gasteiger partial charge >= 0.3 is 0 Å². The fourth-order valence-corrected chi connectivity index (χ4v) is 3.40. The molecular formula is C16H26N3O3S+. The second-order valence-electron chi connectivity index (χ2n) is 6.13. The van der Waals surface area contributed by atoms with Gasteiger partial charge in [0.05, 0.1) is 18.0 Å². The summed E-state index contributed by atoms with van der Waals surface area (Å²) in [6.07, 6.45) is 5.64. The number of sulfonamides is 1. The van der Waals surface area contributed by atoms with E-state index < -0.39 is 10.0 Å². The normalized spacial score (nSPS) is 16.7. The fourth-order valence-electron chi connectivity index (χ4n) is 2.89. The number of primary sulfonamides is 1. The molecule has 0 unspecified atom stereocenters. The highest BCUT2D eigenvalue weighted by atomic mass is 32.2. The minimum atomic E-state index is -3.65. The SMILES string of the molecule is NS(=O)(=O)c1ccc(CCNC(=O)C[NH+]2CCCCCC2)cc1. The Hall–Kier alpha value is -1.44. The predicted molar refractivity (Wildman–Crippen MR) is 88.6 cm³/mol. The molecule has 1 aromatic carbocycles. The second kappa shape index (κ2) is 8.42. The van der Waals surface area contributed by atoms with Gasteiger partial charge in [0.25, 0.3) is 5.91 Å². The average Bonchev–Trinajstić information content (AvgIpc) is 2.75. The Kier molecular flexibility index (Phi) is 6.56. The molecule has 1 aliphatic rings. The number of likely N-dealkylation sites (tertiary alicyclic amines) is 1. The molecule has 0 aliphatic carbocycles. The van der Waals surface area contributed by atoms with Gasteiger partial charge in [-0.15, -0.1) is 0 Å². The third-order valence-corrected chi connectivity index (χ3v) is 5.14. The van der Waals surface area contributed by atoms with Crippen molar-refractivity contribution < 1.29 is 18.1 Å². The van der Waals surface area contributed by atoms with E-state index in [1.54, 1.807) is 12.1 Å². The first-order chi connectivity index (χ1) is 10.9. The molecule has 1 heterocycles. The van der Waals surface area contributed by atoms with E-state index in [2.05, 4.69) is 5.32 Å². The van der Waals surface area contributed by atoms with E-state index in [9.17, 15) is 13.2 Å². The smallest absolute Gasteiger partial charge is 0.275 e. The molecule has 0 saturated carbocycles. The first kappa shape index (κ1) is 17.9. The van der Waals surface area contributed by atoms with Crippen molar-refractivity contribution in [1.29, 1.82) is 0 Å². The van der Waals surface area contributed by atoms with Crippen molar-refractivity contribution in [3.05, 3.63) is 29.8 Å². The minimum Gasteiger partial charge on any atom is -0.351 e. The number of rotatable bonds is 6. The Morgan fingerprint density at radius 2 is 1.70 bits per heavy atom. The summed E-state index contributed by atoms with van der Waals surface area (Å²) in [4.78, 5) is 13.5. The molecule has 0 atom stereocenters. The van der Waals surface area contributed by atoms with Crippen LogP contribution in [0.15, 0.2) is 29.2 Å². The molecule has 1 aliphatic heterocycles. The number of carbonyl (C=O) groups excluding carboxylic acids is 1. The van der Waals surface area contributed by atoms with Crippen LogP contribution >= 0.6 is 0 Å². The highest BCUT2D eigenvalue weighted by Gasteiger charge is 2.15. The number of nitrogens with one attached hydrogen (secondary N) is 2. The summed E-state index contributed by atoms with van der Waals surface area (Å²) < 4.78 is 22.4. The molecule has 1 aromatic rings. The van der Waals surface area contributed by atoms with Gasteiger partial charge in [-0.1, -0.05) is 12.1 Å². The number of carbonyl (C=O) groups is 1. The third kappa shape index (κ3) is 6.29. The topological polar surface area (TPSA) is 93.7 Å². The quantitative estimate of drug-likeness (QED) is 0.649. The Bertz CT molecular complexity index is 606. The lowest BCUT2D eigenvalue weighted by molar-refractivity contribution is -0.891. The summed E-state index contributed by atoms with van der Waals surface area (Å²) in [6, 6.07) is 6.44. The Morgan fingerprint density at radius 3 is 2.26 bits per heavy atom. The third-order valence-electron chi connectivity index (χ3n) is 4.21. The van der Waals surface area contributed by atoms with Crippen molar-refractivity contribution in [2.75, 3.05) is 26.2 Å². The van der Waals surface area contributed by atoms with Crippen LogP contribution in [0, 0.1) is 0 Å². The standard InChI is InChI=1S/C16H25N3O3S/c17-23(21,22)15-7-5-14(6-8-15)9-10-18-16(20)13-19-11-3-1-2-4-12-19/h5-8H,1-4,9-13H2,(H,18,20)(H2,17,21,22)/p+1. The molecule has 128 valence electrons. The number of hydrogen-bond donors (Lipinski definition) is 3. The molecule has 2 rings (SSSR count). The largest absolute Gasteiger partial charge is 0.351 e. The maximum absolute atomic E-state index is 12.0. The van der Waals surface area contributed by atoms with E-state index in [0.717, 1.165) is 18.7 Å². The Balaban J connectivity index is 1.72. The Labute approximate surface area is 138 Å². The van der Waals surface area contributed by atoms with Crippen LogP contribution in [0.25, 0.3) is 0 Å². The van der Waals surface area contributed by atoms with Crippen LogP contribution in [0.5, 0.6) is 0 Å². The van der Waals surface area contributed by atoms with Crippen LogP contribution in [0.3, 0.4) is 0 Å². The van der Waals surface area contributed by atoms with Crippen LogP contribution in [0.1, 0.15) is 31.2 Å². The molecule has 0 aromatic heterocycles. The molecule has 1 saturated heterocycles. The van der Waals surface area contributed by atoms with Crippen molar-refractivity contribution in [3.8, 4) is 0 Å². The van der Waals surface area contributed by atoms with Crippen LogP contribution in [-0.4, -0.2) is 40.5 Å². The van der Waals surface area contributed by atoms with E-state index >= 15 is 0 Å². The minimum absolute atomic E-state index is 0.0862. The number of quaternary nitrogens is 1. The van der Waals surface area contributed by atoms with Crippen molar-refractivity contribution in [2.45, 2.75) is 37.0 Å². The zero-order chi connectivity index (χ0) is 16.7. The molecule has 0 bridgehead atoms. The zero-order valence-electron chi connectivity index (χ0n) is 13.4. The molecular weight excluding hydrogens is 314 g/mol. The predicted octanol–water partition coefficient (Wildman–Crippen LogP) is -0.548. The number of nitrogens with two attached hydrogens (primary N) is 1. The van der Waals surface area contributed by atoms with E-state index in [1.807, 2.05) is 0 Å². The van der Waals surface area contributed by atoms with Crippen LogP contribution in [-0.2, 0) is 21.2 Å². The number of benzene rings is 1. The van der Waals surface area contributed by atoms with Gasteiger partial charge in [0.2, 0.25) is 10.0 Å². The van der Waals surface area contributed by atoms with Gasteiger partial charge in [0.15, 0.2) is 6.54 Å². The molecule has 4 N–H and O–H groups in total. The molecule has 0 radical (unpaired) electrons. The van der Waals surface area contributed by atoms with Gasteiger partial charge < -0.3 is 10.2 Å². The summed E-state index contributed by atoms with van der Waals surface area (Å²) in [6.45, 7) is 3.27. The van der Waals surface area contributed by atoms with Crippen LogP contribution < -0.4 is 15.4 Å². The molecule has 1 amide bonds. The van der Waals surface area contributed by atoms with Gasteiger partial charge in [-0.05, 0) is 49.8 Å². The van der Waals surface area contributed by atoms with Gasteiger partial charge in [-0.2, -0.15) is 0 Å². The second-order valence-corrected chi connectivity index (χ2v) is 7.69. The Morgan fingerprint density at radius 1 is 1.09 bits per heavy atom. The summed E-state index contributed by atoms with van der Waals surface area (Å²) >= 11 is 0. The van der Waals surface area contributed by atoms with Crippen molar-refractivity contribution in [2.24, 2.45) is 5.14 Å². The molecule has 1 fully saturated rings. The maximum Gasteiger partial charge on any atom is 0.275 e. The van der Waals surface area contributed by atoms with E-state index in [-0.39, 0.29) is 10.8 Å². The summed E-state index contributed by atoms with van der Waals surface area (Å²) in [7, 11) is -3.65. The van der Waals surface area contributed by atoms with Gasteiger partial charge in [0.1, 0.15) is 0 Å². The van der Waals surface area contributed by atoms with Crippen molar-refractivity contribution in [3.63, 3.8) is 0 Å². The number of hydrogen-bond acceptors (Lipinski definition) is 3. The monoisotopic (exact) mass is 340 g/mol. The molecule has 6 nitrogen and oxygen atoms in total. The average molecular weight is 340 g/mol. The van der Waals surface area contributed by atoms with E-state index in [1.165, 1.54) is 42.7 Å². The van der Waals surface area contributed by atoms with Gasteiger partial charge in [-0.25, -0.2) is 13.6 Å². The molecule has 23 heavy (non-hydrogen) atoms. The zero-order valence-corrected chi connectivity index (χ0v) is 14.2. The highest BCUT2D eigenvalue weighted by molar-refractivity contribution is 7.89.